The summed E-state index contributed by atoms with van der Waals surface area (Å²) in [7, 11) is 0. The van der Waals surface area contributed by atoms with E-state index in [1.807, 2.05) is 6.07 Å². The molecule has 2 aromatic carbocycles. The third kappa shape index (κ3) is 2.18. The van der Waals surface area contributed by atoms with E-state index in [2.05, 4.69) is 67.8 Å². The van der Waals surface area contributed by atoms with E-state index in [1.54, 1.807) is 11.3 Å². The average molecular weight is 328 g/mol. The molecule has 0 fully saturated rings. The molecule has 5 aromatic rings. The van der Waals surface area contributed by atoms with E-state index in [0.29, 0.717) is 5.82 Å². The van der Waals surface area contributed by atoms with Gasteiger partial charge in [0.2, 0.25) is 0 Å². The van der Waals surface area contributed by atoms with Gasteiger partial charge in [0, 0.05) is 26.9 Å². The van der Waals surface area contributed by atoms with Crippen LogP contribution in [0, 0.1) is 0 Å². The second-order valence-electron chi connectivity index (χ2n) is 5.62. The van der Waals surface area contributed by atoms with E-state index in [0.717, 1.165) is 16.8 Å². The Hall–Kier alpha value is -3.05. The Morgan fingerprint density at radius 2 is 1.67 bits per heavy atom. The van der Waals surface area contributed by atoms with E-state index in [-0.39, 0.29) is 0 Å². The molecule has 0 bridgehead atoms. The Bertz CT molecular complexity index is 1160. The van der Waals surface area contributed by atoms with Crippen molar-refractivity contribution >= 4 is 32.3 Å². The number of hydrogen-bond acceptors (Lipinski definition) is 4. The van der Waals surface area contributed by atoms with Crippen molar-refractivity contribution in [2.45, 2.75) is 0 Å². The van der Waals surface area contributed by atoms with Gasteiger partial charge < -0.3 is 4.98 Å². The highest BCUT2D eigenvalue weighted by molar-refractivity contribution is 7.17. The smallest absolute Gasteiger partial charge is 0.162 e. The van der Waals surface area contributed by atoms with Crippen LogP contribution in [0.25, 0.3) is 43.6 Å². The highest BCUT2D eigenvalue weighted by Crippen LogP contribution is 2.30. The zero-order valence-electron chi connectivity index (χ0n) is 12.6. The van der Waals surface area contributed by atoms with Gasteiger partial charge in [-0.15, -0.1) is 11.3 Å². The van der Waals surface area contributed by atoms with Crippen molar-refractivity contribution in [2.75, 3.05) is 0 Å². The van der Waals surface area contributed by atoms with E-state index in [9.17, 15) is 0 Å². The summed E-state index contributed by atoms with van der Waals surface area (Å²) in [6, 6.07) is 17.1. The number of aromatic amines is 1. The van der Waals surface area contributed by atoms with Crippen LogP contribution < -0.4 is 0 Å². The van der Waals surface area contributed by atoms with Crippen molar-refractivity contribution in [3.8, 4) is 22.6 Å². The molecule has 0 aliphatic rings. The van der Waals surface area contributed by atoms with Crippen LogP contribution in [0.3, 0.4) is 0 Å². The molecule has 0 spiro atoms. The van der Waals surface area contributed by atoms with Gasteiger partial charge in [-0.1, -0.05) is 18.2 Å². The van der Waals surface area contributed by atoms with Crippen molar-refractivity contribution in [2.24, 2.45) is 0 Å². The number of fused-ring (bicyclic) bond motifs is 2. The van der Waals surface area contributed by atoms with E-state index in [4.69, 9.17) is 0 Å². The van der Waals surface area contributed by atoms with Crippen molar-refractivity contribution in [3.05, 3.63) is 66.6 Å². The lowest BCUT2D eigenvalue weighted by Gasteiger charge is -1.99. The van der Waals surface area contributed by atoms with Crippen LogP contribution in [0.15, 0.2) is 66.6 Å². The second-order valence-corrected chi connectivity index (χ2v) is 6.57. The summed E-state index contributed by atoms with van der Waals surface area (Å²) >= 11 is 1.77. The fraction of sp³-hybridized carbons (Fsp3) is 0. The predicted molar refractivity (Wildman–Crippen MR) is 97.9 cm³/mol. The maximum absolute atomic E-state index is 4.21. The number of rotatable bonds is 2. The number of aromatic nitrogens is 4. The third-order valence-electron chi connectivity index (χ3n) is 4.14. The molecule has 0 aliphatic carbocycles. The lowest BCUT2D eigenvalue weighted by molar-refractivity contribution is 1.06. The zero-order valence-corrected chi connectivity index (χ0v) is 13.4. The summed E-state index contributed by atoms with van der Waals surface area (Å²) in [5.74, 6) is 0.683. The van der Waals surface area contributed by atoms with Gasteiger partial charge in [-0.25, -0.2) is 15.0 Å². The fourth-order valence-electron chi connectivity index (χ4n) is 2.94. The van der Waals surface area contributed by atoms with Gasteiger partial charge in [-0.05, 0) is 46.7 Å². The van der Waals surface area contributed by atoms with E-state index >= 15 is 0 Å². The molecule has 0 amide bonds. The number of thiophene rings is 1. The summed E-state index contributed by atoms with van der Waals surface area (Å²) < 4.78 is 1.31. The largest absolute Gasteiger partial charge is 0.355 e. The van der Waals surface area contributed by atoms with E-state index in [1.165, 1.54) is 33.7 Å². The molecule has 0 saturated heterocycles. The summed E-state index contributed by atoms with van der Waals surface area (Å²) in [4.78, 5) is 15.8. The summed E-state index contributed by atoms with van der Waals surface area (Å²) in [6.07, 6.45) is 3.03. The number of nitrogens with zero attached hydrogens (tertiary/aromatic N) is 3. The summed E-state index contributed by atoms with van der Waals surface area (Å²) in [6.45, 7) is 0. The first kappa shape index (κ1) is 13.4. The van der Waals surface area contributed by atoms with Gasteiger partial charge in [0.05, 0.1) is 0 Å². The molecule has 5 heteroatoms. The molecule has 3 heterocycles. The first-order valence-electron chi connectivity index (χ1n) is 7.60. The molecular weight excluding hydrogens is 316 g/mol. The van der Waals surface area contributed by atoms with E-state index < -0.39 is 0 Å². The molecule has 1 N–H and O–H groups in total. The van der Waals surface area contributed by atoms with Gasteiger partial charge in [-0.3, -0.25) is 0 Å². The van der Waals surface area contributed by atoms with Gasteiger partial charge in [0.15, 0.2) is 5.82 Å². The molecule has 0 aliphatic heterocycles. The van der Waals surface area contributed by atoms with Crippen LogP contribution in [-0.4, -0.2) is 19.9 Å². The number of H-pyrrole nitrogens is 1. The molecule has 0 atom stereocenters. The average Bonchev–Trinajstić information content (AvgIpc) is 3.27. The van der Waals surface area contributed by atoms with Crippen LogP contribution in [0.4, 0.5) is 0 Å². The fourth-order valence-corrected chi connectivity index (χ4v) is 3.72. The lowest BCUT2D eigenvalue weighted by atomic mass is 10.1. The van der Waals surface area contributed by atoms with Gasteiger partial charge >= 0.3 is 0 Å². The minimum absolute atomic E-state index is 0.683. The normalized spacial score (nSPS) is 11.3. The Morgan fingerprint density at radius 1 is 0.792 bits per heavy atom. The number of benzene rings is 2. The predicted octanol–water partition coefficient (Wildman–Crippen LogP) is 4.90. The molecular formula is C19H12N4S. The van der Waals surface area contributed by atoms with Crippen molar-refractivity contribution in [1.29, 1.82) is 0 Å². The quantitative estimate of drug-likeness (QED) is 0.501. The Balaban J connectivity index is 1.62. The first-order chi connectivity index (χ1) is 11.9. The van der Waals surface area contributed by atoms with Gasteiger partial charge in [0.1, 0.15) is 12.7 Å². The van der Waals surface area contributed by atoms with Crippen LogP contribution in [-0.2, 0) is 0 Å². The maximum atomic E-state index is 4.21. The van der Waals surface area contributed by atoms with Gasteiger partial charge in [0.25, 0.3) is 0 Å². The number of nitrogens with one attached hydrogen (secondary N) is 1. The van der Waals surface area contributed by atoms with Crippen molar-refractivity contribution in [1.82, 2.24) is 19.9 Å². The highest BCUT2D eigenvalue weighted by Gasteiger charge is 2.07. The first-order valence-corrected chi connectivity index (χ1v) is 8.47. The maximum Gasteiger partial charge on any atom is 0.162 e. The third-order valence-corrected chi connectivity index (χ3v) is 5.04. The summed E-state index contributed by atoms with van der Waals surface area (Å²) in [5, 5.41) is 4.58. The summed E-state index contributed by atoms with van der Waals surface area (Å²) in [5.41, 5.74) is 4.37. The lowest BCUT2D eigenvalue weighted by Crippen LogP contribution is -1.88. The van der Waals surface area contributed by atoms with Crippen molar-refractivity contribution in [3.63, 3.8) is 0 Å². The molecule has 24 heavy (non-hydrogen) atoms. The monoisotopic (exact) mass is 328 g/mol. The molecule has 4 nitrogen and oxygen atoms in total. The van der Waals surface area contributed by atoms with Crippen LogP contribution >= 0.6 is 11.3 Å². The van der Waals surface area contributed by atoms with Crippen molar-refractivity contribution < 1.29 is 0 Å². The zero-order chi connectivity index (χ0) is 15.9. The molecule has 5 rings (SSSR count). The topological polar surface area (TPSA) is 54.5 Å². The molecule has 0 radical (unpaired) electrons. The SMILES string of the molecule is c1ncnc(-c2ccc3cc(-c4ccc5sccc5c4)[nH]c3c2)n1. The highest BCUT2D eigenvalue weighted by atomic mass is 32.1. The van der Waals surface area contributed by atoms with Crippen LogP contribution in [0.5, 0.6) is 0 Å². The van der Waals surface area contributed by atoms with Gasteiger partial charge in [-0.2, -0.15) is 0 Å². The van der Waals surface area contributed by atoms with Crippen LogP contribution in [0.2, 0.25) is 0 Å². The molecule has 0 unspecified atom stereocenters. The minimum atomic E-state index is 0.683. The minimum Gasteiger partial charge on any atom is -0.355 e. The Labute approximate surface area is 141 Å². The molecule has 114 valence electrons. The Kier molecular flexibility index (Phi) is 2.93. The number of hydrogen-bond donors (Lipinski definition) is 1. The Morgan fingerprint density at radius 3 is 2.58 bits per heavy atom. The van der Waals surface area contributed by atoms with Crippen LogP contribution in [0.1, 0.15) is 0 Å². The standard InChI is InChI=1S/C19H12N4S/c1-2-15(19-21-10-20-11-22-19)9-17-13(1)8-16(23-17)12-3-4-18-14(7-12)5-6-24-18/h1-11,23H. The molecule has 0 saturated carbocycles. The second kappa shape index (κ2) is 5.25. The molecule has 3 aromatic heterocycles.